The molecule has 7 heteroatoms. The van der Waals surface area contributed by atoms with Crippen LogP contribution in [0.1, 0.15) is 10.4 Å². The average Bonchev–Trinajstić information content (AvgIpc) is 2.48. The second-order valence-corrected chi connectivity index (χ2v) is 4.02. The van der Waals surface area contributed by atoms with Crippen molar-refractivity contribution in [2.75, 3.05) is 10.7 Å². The zero-order valence-corrected chi connectivity index (χ0v) is 10.8. The van der Waals surface area contributed by atoms with Gasteiger partial charge in [-0.1, -0.05) is 24.3 Å². The van der Waals surface area contributed by atoms with Gasteiger partial charge in [0, 0.05) is 0 Å². The van der Waals surface area contributed by atoms with E-state index in [-0.39, 0.29) is 17.0 Å². The Hall–Kier alpha value is -2.67. The van der Waals surface area contributed by atoms with Gasteiger partial charge in [0.25, 0.3) is 5.91 Å². The van der Waals surface area contributed by atoms with Gasteiger partial charge in [-0.05, 0) is 24.3 Å². The minimum absolute atomic E-state index is 0.112. The van der Waals surface area contributed by atoms with Crippen LogP contribution in [0.15, 0.2) is 48.5 Å². The standard InChI is InChI=1S/C14H13F2N3O2/c15-14(16)21-12-8-4-3-7-11(12)18-13(20)9-5-1-2-6-10(9)19-17/h1-8,14,19H,17H2,(H,18,20). The number of hydrogen-bond acceptors (Lipinski definition) is 4. The molecule has 0 unspecified atom stereocenters. The highest BCUT2D eigenvalue weighted by Gasteiger charge is 2.14. The molecular formula is C14H13F2N3O2. The minimum atomic E-state index is -2.97. The third kappa shape index (κ3) is 3.67. The molecule has 0 fully saturated rings. The Labute approximate surface area is 119 Å². The molecule has 4 N–H and O–H groups in total. The third-order valence-electron chi connectivity index (χ3n) is 2.68. The van der Waals surface area contributed by atoms with E-state index in [4.69, 9.17) is 5.84 Å². The van der Waals surface area contributed by atoms with E-state index in [1.165, 1.54) is 18.2 Å². The highest BCUT2D eigenvalue weighted by atomic mass is 19.3. The molecule has 2 rings (SSSR count). The fourth-order valence-electron chi connectivity index (χ4n) is 1.77. The van der Waals surface area contributed by atoms with Crippen molar-refractivity contribution in [3.05, 3.63) is 54.1 Å². The summed E-state index contributed by atoms with van der Waals surface area (Å²) in [5.74, 6) is 4.72. The predicted octanol–water partition coefficient (Wildman–Crippen LogP) is 2.83. The average molecular weight is 293 g/mol. The Morgan fingerprint density at radius 1 is 1.05 bits per heavy atom. The molecule has 0 aromatic heterocycles. The largest absolute Gasteiger partial charge is 0.433 e. The van der Waals surface area contributed by atoms with Gasteiger partial charge in [-0.3, -0.25) is 10.6 Å². The number of carbonyl (C=O) groups is 1. The lowest BCUT2D eigenvalue weighted by Crippen LogP contribution is -2.17. The number of alkyl halides is 2. The van der Waals surface area contributed by atoms with Crippen molar-refractivity contribution in [3.8, 4) is 5.75 Å². The molecule has 0 spiro atoms. The summed E-state index contributed by atoms with van der Waals surface area (Å²) >= 11 is 0. The van der Waals surface area contributed by atoms with E-state index in [9.17, 15) is 13.6 Å². The van der Waals surface area contributed by atoms with Crippen LogP contribution in [0, 0.1) is 0 Å². The van der Waals surface area contributed by atoms with Gasteiger partial charge in [-0.25, -0.2) is 0 Å². The molecule has 0 aliphatic carbocycles. The van der Waals surface area contributed by atoms with E-state index in [0.29, 0.717) is 5.69 Å². The van der Waals surface area contributed by atoms with Gasteiger partial charge in [0.15, 0.2) is 0 Å². The summed E-state index contributed by atoms with van der Waals surface area (Å²) in [5, 5.41) is 2.51. The number of halogens is 2. The molecule has 0 saturated heterocycles. The Morgan fingerprint density at radius 2 is 1.67 bits per heavy atom. The van der Waals surface area contributed by atoms with E-state index >= 15 is 0 Å². The van der Waals surface area contributed by atoms with Crippen LogP contribution < -0.4 is 21.3 Å². The van der Waals surface area contributed by atoms with Crippen LogP contribution >= 0.6 is 0 Å². The number of nitrogens with one attached hydrogen (secondary N) is 2. The molecule has 0 aliphatic heterocycles. The molecule has 0 saturated carbocycles. The summed E-state index contributed by atoms with van der Waals surface area (Å²) in [6.45, 7) is -2.97. The fourth-order valence-corrected chi connectivity index (χ4v) is 1.77. The number of rotatable bonds is 5. The molecule has 5 nitrogen and oxygen atoms in total. The Kier molecular flexibility index (Phi) is 4.68. The zero-order valence-electron chi connectivity index (χ0n) is 10.8. The quantitative estimate of drug-likeness (QED) is 0.585. The molecular weight excluding hydrogens is 280 g/mol. The number of amides is 1. The van der Waals surface area contributed by atoms with E-state index in [2.05, 4.69) is 15.5 Å². The third-order valence-corrected chi connectivity index (χ3v) is 2.68. The van der Waals surface area contributed by atoms with Crippen LogP contribution in [0.2, 0.25) is 0 Å². The number of anilines is 2. The van der Waals surface area contributed by atoms with Gasteiger partial charge in [0.1, 0.15) is 5.75 Å². The predicted molar refractivity (Wildman–Crippen MR) is 75.3 cm³/mol. The van der Waals surface area contributed by atoms with E-state index in [0.717, 1.165) is 0 Å². The fraction of sp³-hybridized carbons (Fsp3) is 0.0714. The summed E-state index contributed by atoms with van der Waals surface area (Å²) < 4.78 is 29.0. The lowest BCUT2D eigenvalue weighted by Gasteiger charge is -2.13. The number of para-hydroxylation sites is 3. The number of nitrogens with two attached hydrogens (primary N) is 1. The van der Waals surface area contributed by atoms with Crippen molar-refractivity contribution in [2.24, 2.45) is 5.84 Å². The molecule has 0 atom stereocenters. The Bertz CT molecular complexity index is 635. The second kappa shape index (κ2) is 6.67. The number of benzene rings is 2. The Balaban J connectivity index is 2.24. The van der Waals surface area contributed by atoms with Crippen LogP contribution in [-0.2, 0) is 0 Å². The maximum Gasteiger partial charge on any atom is 0.387 e. The molecule has 21 heavy (non-hydrogen) atoms. The van der Waals surface area contributed by atoms with Crippen LogP contribution in [0.3, 0.4) is 0 Å². The van der Waals surface area contributed by atoms with Crippen LogP contribution in [0.4, 0.5) is 20.2 Å². The minimum Gasteiger partial charge on any atom is -0.433 e. The first-order chi connectivity index (χ1) is 10.1. The zero-order chi connectivity index (χ0) is 15.2. The van der Waals surface area contributed by atoms with E-state index < -0.39 is 12.5 Å². The summed E-state index contributed by atoms with van der Waals surface area (Å²) in [6, 6.07) is 12.5. The SMILES string of the molecule is NNc1ccccc1C(=O)Nc1ccccc1OC(F)F. The van der Waals surface area contributed by atoms with Crippen molar-refractivity contribution in [1.82, 2.24) is 0 Å². The lowest BCUT2D eigenvalue weighted by molar-refractivity contribution is -0.0493. The first kappa shape index (κ1) is 14.7. The van der Waals surface area contributed by atoms with Crippen molar-refractivity contribution >= 4 is 17.3 Å². The molecule has 0 bridgehead atoms. The molecule has 0 radical (unpaired) electrons. The molecule has 2 aromatic rings. The molecule has 0 aliphatic rings. The number of ether oxygens (including phenoxy) is 1. The van der Waals surface area contributed by atoms with Crippen molar-refractivity contribution in [1.29, 1.82) is 0 Å². The molecule has 2 aromatic carbocycles. The normalized spacial score (nSPS) is 10.3. The maximum atomic E-state index is 12.3. The summed E-state index contributed by atoms with van der Waals surface area (Å²) in [5.41, 5.74) is 3.25. The van der Waals surface area contributed by atoms with Gasteiger partial charge in [-0.15, -0.1) is 0 Å². The first-order valence-electron chi connectivity index (χ1n) is 6.02. The lowest BCUT2D eigenvalue weighted by atomic mass is 10.1. The van der Waals surface area contributed by atoms with Crippen LogP contribution in [0.25, 0.3) is 0 Å². The highest BCUT2D eigenvalue weighted by Crippen LogP contribution is 2.26. The summed E-state index contributed by atoms with van der Waals surface area (Å²) in [6.07, 6.45) is 0. The highest BCUT2D eigenvalue weighted by molar-refractivity contribution is 6.08. The summed E-state index contributed by atoms with van der Waals surface area (Å²) in [7, 11) is 0. The Morgan fingerprint density at radius 3 is 2.33 bits per heavy atom. The second-order valence-electron chi connectivity index (χ2n) is 4.02. The monoisotopic (exact) mass is 293 g/mol. The maximum absolute atomic E-state index is 12.3. The first-order valence-corrected chi connectivity index (χ1v) is 6.02. The van der Waals surface area contributed by atoms with E-state index in [1.54, 1.807) is 30.3 Å². The van der Waals surface area contributed by atoms with Gasteiger partial charge >= 0.3 is 6.61 Å². The van der Waals surface area contributed by atoms with Gasteiger partial charge in [0.05, 0.1) is 16.9 Å². The van der Waals surface area contributed by atoms with Crippen molar-refractivity contribution in [2.45, 2.75) is 6.61 Å². The molecule has 110 valence electrons. The number of hydrogen-bond donors (Lipinski definition) is 3. The van der Waals surface area contributed by atoms with Crippen molar-refractivity contribution < 1.29 is 18.3 Å². The number of hydrazine groups is 1. The topological polar surface area (TPSA) is 76.4 Å². The molecule has 1 amide bonds. The summed E-state index contributed by atoms with van der Waals surface area (Å²) in [4.78, 5) is 12.2. The molecule has 0 heterocycles. The van der Waals surface area contributed by atoms with Crippen LogP contribution in [-0.4, -0.2) is 12.5 Å². The van der Waals surface area contributed by atoms with Crippen LogP contribution in [0.5, 0.6) is 5.75 Å². The smallest absolute Gasteiger partial charge is 0.387 e. The van der Waals surface area contributed by atoms with E-state index in [1.807, 2.05) is 0 Å². The van der Waals surface area contributed by atoms with Gasteiger partial charge in [0.2, 0.25) is 0 Å². The van der Waals surface area contributed by atoms with Gasteiger partial charge < -0.3 is 15.5 Å². The van der Waals surface area contributed by atoms with Crippen molar-refractivity contribution in [3.63, 3.8) is 0 Å². The van der Waals surface area contributed by atoms with Gasteiger partial charge in [-0.2, -0.15) is 8.78 Å². The number of carbonyl (C=O) groups excluding carboxylic acids is 1. The number of nitrogen functional groups attached to an aromatic ring is 1.